The van der Waals surface area contributed by atoms with Crippen molar-refractivity contribution in [1.82, 2.24) is 4.98 Å². The number of hydrogen-bond donors (Lipinski definition) is 2. The van der Waals surface area contributed by atoms with Gasteiger partial charge in [-0.1, -0.05) is 57.6 Å². The zero-order valence-corrected chi connectivity index (χ0v) is 16.0. The molecule has 0 saturated heterocycles. The minimum Gasteiger partial charge on any atom is -0.332 e. The molecular formula is C20H14BrN3OS. The Kier molecular flexibility index (Phi) is 4.69. The van der Waals surface area contributed by atoms with Gasteiger partial charge in [0.25, 0.3) is 5.91 Å². The summed E-state index contributed by atoms with van der Waals surface area (Å²) in [6.45, 7) is 0. The number of carbonyl (C=O) groups excluding carboxylic acids is 1. The molecule has 6 heteroatoms. The van der Waals surface area contributed by atoms with Crippen molar-refractivity contribution in [2.24, 2.45) is 0 Å². The first-order chi connectivity index (χ1) is 12.7. The second-order valence-corrected chi connectivity index (χ2v) is 7.57. The van der Waals surface area contributed by atoms with E-state index in [9.17, 15) is 4.79 Å². The Bertz CT molecular complexity index is 1080. The number of fused-ring (bicyclic) bond motifs is 1. The Morgan fingerprint density at radius 3 is 2.58 bits per heavy atom. The summed E-state index contributed by atoms with van der Waals surface area (Å²) in [5, 5.41) is 7.05. The number of rotatable bonds is 4. The van der Waals surface area contributed by atoms with Crippen LogP contribution in [0.2, 0.25) is 0 Å². The van der Waals surface area contributed by atoms with Crippen LogP contribution in [0.4, 0.5) is 16.5 Å². The minimum absolute atomic E-state index is 0.163. The van der Waals surface area contributed by atoms with Gasteiger partial charge >= 0.3 is 0 Å². The van der Waals surface area contributed by atoms with Crippen molar-refractivity contribution < 1.29 is 4.79 Å². The SMILES string of the molecule is O=C(Nc1cccc2sc(Nc3ccccc3)nc12)c1cccc(Br)c1. The van der Waals surface area contributed by atoms with E-state index in [0.29, 0.717) is 11.3 Å². The summed E-state index contributed by atoms with van der Waals surface area (Å²) in [7, 11) is 0. The van der Waals surface area contributed by atoms with Gasteiger partial charge in [-0.3, -0.25) is 4.79 Å². The Morgan fingerprint density at radius 1 is 0.962 bits per heavy atom. The lowest BCUT2D eigenvalue weighted by Crippen LogP contribution is -2.12. The summed E-state index contributed by atoms with van der Waals surface area (Å²) in [5.74, 6) is -0.163. The van der Waals surface area contributed by atoms with E-state index in [0.717, 1.165) is 25.5 Å². The lowest BCUT2D eigenvalue weighted by Gasteiger charge is -2.06. The van der Waals surface area contributed by atoms with Crippen molar-refractivity contribution >= 4 is 59.9 Å². The van der Waals surface area contributed by atoms with Gasteiger partial charge in [-0.2, -0.15) is 0 Å². The van der Waals surface area contributed by atoms with Crippen molar-refractivity contribution in [3.8, 4) is 0 Å². The smallest absolute Gasteiger partial charge is 0.255 e. The fourth-order valence-electron chi connectivity index (χ4n) is 2.57. The molecule has 1 amide bonds. The fraction of sp³-hybridized carbons (Fsp3) is 0. The normalized spacial score (nSPS) is 10.7. The average Bonchev–Trinajstić information content (AvgIpc) is 3.06. The number of halogens is 1. The molecule has 0 radical (unpaired) electrons. The quantitative estimate of drug-likeness (QED) is 0.419. The maximum Gasteiger partial charge on any atom is 0.255 e. The second-order valence-electron chi connectivity index (χ2n) is 5.63. The Balaban J connectivity index is 1.62. The number of para-hydroxylation sites is 2. The predicted octanol–water partition coefficient (Wildman–Crippen LogP) is 6.05. The topological polar surface area (TPSA) is 54.0 Å². The molecule has 0 aliphatic heterocycles. The summed E-state index contributed by atoms with van der Waals surface area (Å²) in [6, 6.07) is 23.0. The van der Waals surface area contributed by atoms with Crippen LogP contribution in [-0.4, -0.2) is 10.9 Å². The number of nitrogens with zero attached hydrogens (tertiary/aromatic N) is 1. The molecule has 4 nitrogen and oxygen atoms in total. The predicted molar refractivity (Wildman–Crippen MR) is 111 cm³/mol. The molecule has 0 saturated carbocycles. The molecule has 1 aromatic heterocycles. The van der Waals surface area contributed by atoms with E-state index in [1.807, 2.05) is 60.7 Å². The van der Waals surface area contributed by atoms with Crippen LogP contribution >= 0.6 is 27.3 Å². The molecule has 128 valence electrons. The monoisotopic (exact) mass is 423 g/mol. The standard InChI is InChI=1S/C20H14BrN3OS/c21-14-7-4-6-13(12-14)19(25)23-16-10-5-11-17-18(16)24-20(26-17)22-15-8-2-1-3-9-15/h1-12H,(H,22,24)(H,23,25). The van der Waals surface area contributed by atoms with Crippen LogP contribution < -0.4 is 10.6 Å². The lowest BCUT2D eigenvalue weighted by molar-refractivity contribution is 0.102. The number of anilines is 3. The largest absolute Gasteiger partial charge is 0.332 e. The molecule has 1 heterocycles. The van der Waals surface area contributed by atoms with Gasteiger partial charge in [0.05, 0.1) is 10.4 Å². The number of hydrogen-bond acceptors (Lipinski definition) is 4. The minimum atomic E-state index is -0.163. The van der Waals surface area contributed by atoms with Gasteiger partial charge in [0.2, 0.25) is 0 Å². The van der Waals surface area contributed by atoms with Gasteiger partial charge in [0.1, 0.15) is 5.52 Å². The zero-order chi connectivity index (χ0) is 17.9. The van der Waals surface area contributed by atoms with Crippen molar-refractivity contribution in [3.05, 3.63) is 82.8 Å². The molecule has 2 N–H and O–H groups in total. The van der Waals surface area contributed by atoms with E-state index in [1.54, 1.807) is 23.5 Å². The number of carbonyl (C=O) groups is 1. The van der Waals surface area contributed by atoms with E-state index in [-0.39, 0.29) is 5.91 Å². The number of amides is 1. The molecule has 0 aliphatic rings. The molecule has 3 aromatic carbocycles. The number of thiazole rings is 1. The van der Waals surface area contributed by atoms with E-state index < -0.39 is 0 Å². The molecule has 0 bridgehead atoms. The third-order valence-electron chi connectivity index (χ3n) is 3.78. The Labute approximate surface area is 163 Å². The molecule has 0 spiro atoms. The van der Waals surface area contributed by atoms with E-state index in [2.05, 4.69) is 31.5 Å². The number of nitrogens with one attached hydrogen (secondary N) is 2. The molecular weight excluding hydrogens is 410 g/mol. The van der Waals surface area contributed by atoms with Crippen LogP contribution in [0.5, 0.6) is 0 Å². The molecule has 4 aromatic rings. The Morgan fingerprint density at radius 2 is 1.77 bits per heavy atom. The third kappa shape index (κ3) is 3.61. The molecule has 0 aliphatic carbocycles. The van der Waals surface area contributed by atoms with Gasteiger partial charge in [-0.15, -0.1) is 0 Å². The van der Waals surface area contributed by atoms with Crippen LogP contribution in [-0.2, 0) is 0 Å². The molecule has 4 rings (SSSR count). The van der Waals surface area contributed by atoms with Crippen LogP contribution in [0.1, 0.15) is 10.4 Å². The maximum absolute atomic E-state index is 12.5. The van der Waals surface area contributed by atoms with Gasteiger partial charge in [-0.05, 0) is 42.5 Å². The first-order valence-electron chi connectivity index (χ1n) is 7.97. The zero-order valence-electron chi connectivity index (χ0n) is 13.6. The Hall–Kier alpha value is -2.70. The lowest BCUT2D eigenvalue weighted by atomic mass is 10.2. The van der Waals surface area contributed by atoms with Gasteiger partial charge < -0.3 is 10.6 Å². The highest BCUT2D eigenvalue weighted by molar-refractivity contribution is 9.10. The van der Waals surface area contributed by atoms with Crippen LogP contribution in [0.15, 0.2) is 77.3 Å². The van der Waals surface area contributed by atoms with E-state index in [4.69, 9.17) is 0 Å². The highest BCUT2D eigenvalue weighted by Crippen LogP contribution is 2.32. The van der Waals surface area contributed by atoms with Crippen molar-refractivity contribution in [2.75, 3.05) is 10.6 Å². The summed E-state index contributed by atoms with van der Waals surface area (Å²) in [6.07, 6.45) is 0. The van der Waals surface area contributed by atoms with E-state index >= 15 is 0 Å². The summed E-state index contributed by atoms with van der Waals surface area (Å²) >= 11 is 4.94. The maximum atomic E-state index is 12.5. The fourth-order valence-corrected chi connectivity index (χ4v) is 3.88. The highest BCUT2D eigenvalue weighted by Gasteiger charge is 2.12. The van der Waals surface area contributed by atoms with Crippen LogP contribution in [0, 0.1) is 0 Å². The van der Waals surface area contributed by atoms with Gasteiger partial charge in [0.15, 0.2) is 5.13 Å². The first-order valence-corrected chi connectivity index (χ1v) is 9.58. The number of benzene rings is 3. The summed E-state index contributed by atoms with van der Waals surface area (Å²) in [5.41, 5.74) is 3.05. The summed E-state index contributed by atoms with van der Waals surface area (Å²) < 4.78 is 1.88. The highest BCUT2D eigenvalue weighted by atomic mass is 79.9. The average molecular weight is 424 g/mol. The number of aromatic nitrogens is 1. The second kappa shape index (κ2) is 7.27. The van der Waals surface area contributed by atoms with Crippen LogP contribution in [0.25, 0.3) is 10.2 Å². The first kappa shape index (κ1) is 16.8. The van der Waals surface area contributed by atoms with Crippen molar-refractivity contribution in [2.45, 2.75) is 0 Å². The van der Waals surface area contributed by atoms with E-state index in [1.165, 1.54) is 0 Å². The van der Waals surface area contributed by atoms with Crippen molar-refractivity contribution in [1.29, 1.82) is 0 Å². The van der Waals surface area contributed by atoms with Gasteiger partial charge in [0, 0.05) is 15.7 Å². The summed E-state index contributed by atoms with van der Waals surface area (Å²) in [4.78, 5) is 17.2. The van der Waals surface area contributed by atoms with Gasteiger partial charge in [-0.25, -0.2) is 4.98 Å². The molecule has 26 heavy (non-hydrogen) atoms. The molecule has 0 unspecified atom stereocenters. The van der Waals surface area contributed by atoms with Crippen LogP contribution in [0.3, 0.4) is 0 Å². The molecule has 0 atom stereocenters. The third-order valence-corrected chi connectivity index (χ3v) is 5.21. The van der Waals surface area contributed by atoms with Crippen molar-refractivity contribution in [3.63, 3.8) is 0 Å². The molecule has 0 fully saturated rings.